The highest BCUT2D eigenvalue weighted by atomic mass is 35.5. The number of carbonyl (C=O) groups excluding carboxylic acids is 1. The van der Waals surface area contributed by atoms with Gasteiger partial charge in [0, 0.05) is 44.5 Å². The molecule has 1 aromatic carbocycles. The third kappa shape index (κ3) is 6.35. The molecule has 1 N–H and O–H groups in total. The Hall–Kier alpha value is -2.58. The van der Waals surface area contributed by atoms with Crippen LogP contribution in [-0.2, 0) is 9.53 Å². The monoisotopic (exact) mass is 502 g/mol. The van der Waals surface area contributed by atoms with Crippen molar-refractivity contribution in [1.29, 1.82) is 0 Å². The predicted molar refractivity (Wildman–Crippen MR) is 137 cm³/mol. The molecule has 1 amide bonds. The lowest BCUT2D eigenvalue weighted by molar-refractivity contribution is -0.141. The van der Waals surface area contributed by atoms with Gasteiger partial charge in [-0.2, -0.15) is 9.78 Å². The van der Waals surface area contributed by atoms with Gasteiger partial charge in [-0.25, -0.2) is 0 Å². The largest absolute Gasteiger partial charge is 0.490 e. The van der Waals surface area contributed by atoms with Gasteiger partial charge in [-0.3, -0.25) is 9.59 Å². The van der Waals surface area contributed by atoms with Gasteiger partial charge in [-0.15, -0.1) is 0 Å². The van der Waals surface area contributed by atoms with Gasteiger partial charge in [0.1, 0.15) is 16.9 Å². The van der Waals surface area contributed by atoms with Crippen molar-refractivity contribution in [3.8, 4) is 11.4 Å². The Morgan fingerprint density at radius 2 is 1.91 bits per heavy atom. The van der Waals surface area contributed by atoms with Crippen LogP contribution in [0.2, 0.25) is 5.02 Å². The molecule has 0 saturated carbocycles. The van der Waals surface area contributed by atoms with E-state index in [9.17, 15) is 9.59 Å². The SMILES string of the molecule is CC(C)(C)C(=O)N1CCC(Oc2ccc(-n3ncc(NC[C@H]4CCCOC4)c(Cl)c3=O)cc2)CC1. The molecule has 1 aromatic heterocycles. The summed E-state index contributed by atoms with van der Waals surface area (Å²) in [5, 5.41) is 7.67. The van der Waals surface area contributed by atoms with E-state index in [1.54, 1.807) is 18.3 Å². The first kappa shape index (κ1) is 25.5. The number of likely N-dealkylation sites (tertiary alicyclic amines) is 1. The van der Waals surface area contributed by atoms with E-state index in [2.05, 4.69) is 10.4 Å². The van der Waals surface area contributed by atoms with Crippen molar-refractivity contribution in [2.75, 3.05) is 38.2 Å². The van der Waals surface area contributed by atoms with Gasteiger partial charge in [-0.05, 0) is 43.0 Å². The molecule has 0 bridgehead atoms. The lowest BCUT2D eigenvalue weighted by atomic mass is 9.93. The fraction of sp³-hybridized carbons (Fsp3) is 0.577. The summed E-state index contributed by atoms with van der Waals surface area (Å²) in [6.07, 6.45) is 5.38. The summed E-state index contributed by atoms with van der Waals surface area (Å²) >= 11 is 6.37. The summed E-state index contributed by atoms with van der Waals surface area (Å²) in [4.78, 5) is 27.2. The average molecular weight is 503 g/mol. The van der Waals surface area contributed by atoms with Crippen LogP contribution in [0.5, 0.6) is 5.75 Å². The zero-order valence-corrected chi connectivity index (χ0v) is 21.5. The smallest absolute Gasteiger partial charge is 0.292 e. The van der Waals surface area contributed by atoms with Gasteiger partial charge in [-0.1, -0.05) is 32.4 Å². The van der Waals surface area contributed by atoms with Gasteiger partial charge in [0.25, 0.3) is 5.56 Å². The van der Waals surface area contributed by atoms with Crippen LogP contribution in [0.3, 0.4) is 0 Å². The van der Waals surface area contributed by atoms with Gasteiger partial charge in [0.15, 0.2) is 0 Å². The van der Waals surface area contributed by atoms with Crippen LogP contribution in [0.25, 0.3) is 5.69 Å². The quantitative estimate of drug-likeness (QED) is 0.639. The minimum atomic E-state index is -0.374. The summed E-state index contributed by atoms with van der Waals surface area (Å²) in [5.74, 6) is 1.31. The van der Waals surface area contributed by atoms with Crippen LogP contribution in [-0.4, -0.2) is 59.5 Å². The molecule has 0 aliphatic carbocycles. The highest BCUT2D eigenvalue weighted by Gasteiger charge is 2.30. The van der Waals surface area contributed by atoms with Crippen molar-refractivity contribution in [1.82, 2.24) is 14.7 Å². The minimum Gasteiger partial charge on any atom is -0.490 e. The van der Waals surface area contributed by atoms with Crippen molar-refractivity contribution in [2.24, 2.45) is 11.3 Å². The van der Waals surface area contributed by atoms with Crippen molar-refractivity contribution < 1.29 is 14.3 Å². The summed E-state index contributed by atoms with van der Waals surface area (Å²) < 4.78 is 12.9. The van der Waals surface area contributed by atoms with Crippen molar-refractivity contribution in [2.45, 2.75) is 52.6 Å². The van der Waals surface area contributed by atoms with Crippen LogP contribution >= 0.6 is 11.6 Å². The second kappa shape index (κ2) is 11.0. The Bertz CT molecular complexity index is 1070. The number of amides is 1. The van der Waals surface area contributed by atoms with Gasteiger partial charge in [0.2, 0.25) is 5.91 Å². The molecule has 0 spiro atoms. The number of hydrogen-bond acceptors (Lipinski definition) is 6. The van der Waals surface area contributed by atoms with E-state index in [0.717, 1.165) is 44.6 Å². The number of nitrogens with one attached hydrogen (secondary N) is 1. The third-order valence-electron chi connectivity index (χ3n) is 6.51. The maximum Gasteiger partial charge on any atom is 0.292 e. The molecule has 35 heavy (non-hydrogen) atoms. The van der Waals surface area contributed by atoms with Crippen LogP contribution < -0.4 is 15.6 Å². The zero-order valence-electron chi connectivity index (χ0n) is 20.8. The maximum atomic E-state index is 12.8. The number of ether oxygens (including phenoxy) is 2. The van der Waals surface area contributed by atoms with E-state index in [-0.39, 0.29) is 28.0 Å². The second-order valence-electron chi connectivity index (χ2n) is 10.4. The van der Waals surface area contributed by atoms with E-state index in [1.807, 2.05) is 37.8 Å². The van der Waals surface area contributed by atoms with E-state index in [1.165, 1.54) is 4.68 Å². The maximum absolute atomic E-state index is 12.8. The topological polar surface area (TPSA) is 85.7 Å². The Balaban J connectivity index is 1.34. The number of hydrogen-bond donors (Lipinski definition) is 1. The van der Waals surface area contributed by atoms with E-state index < -0.39 is 0 Å². The number of piperidine rings is 1. The Morgan fingerprint density at radius 3 is 2.54 bits per heavy atom. The molecule has 0 unspecified atom stereocenters. The molecular weight excluding hydrogens is 468 g/mol. The van der Waals surface area contributed by atoms with Gasteiger partial charge in [0.05, 0.1) is 24.2 Å². The molecule has 1 atom stereocenters. The number of aromatic nitrogens is 2. The average Bonchev–Trinajstić information content (AvgIpc) is 2.86. The molecule has 8 nitrogen and oxygen atoms in total. The molecule has 0 radical (unpaired) electrons. The van der Waals surface area contributed by atoms with Crippen LogP contribution in [0.15, 0.2) is 35.3 Å². The number of halogens is 1. The summed E-state index contributed by atoms with van der Waals surface area (Å²) in [5.41, 5.74) is 0.412. The molecule has 2 fully saturated rings. The van der Waals surface area contributed by atoms with Crippen molar-refractivity contribution in [3.05, 3.63) is 45.8 Å². The highest BCUT2D eigenvalue weighted by Crippen LogP contribution is 2.25. The molecule has 3 heterocycles. The number of rotatable bonds is 6. The van der Waals surface area contributed by atoms with Crippen LogP contribution in [0.4, 0.5) is 5.69 Å². The molecule has 190 valence electrons. The lowest BCUT2D eigenvalue weighted by Gasteiger charge is -2.35. The summed E-state index contributed by atoms with van der Waals surface area (Å²) in [7, 11) is 0. The number of benzene rings is 1. The van der Waals surface area contributed by atoms with E-state index in [0.29, 0.717) is 36.9 Å². The lowest BCUT2D eigenvalue weighted by Crippen LogP contribution is -2.46. The first-order valence-electron chi connectivity index (χ1n) is 12.4. The molecule has 4 rings (SSSR count). The zero-order chi connectivity index (χ0) is 25.0. The Kier molecular flexibility index (Phi) is 8.02. The molecule has 2 aliphatic rings. The molecular formula is C26H35ClN4O4. The van der Waals surface area contributed by atoms with Crippen LogP contribution in [0.1, 0.15) is 46.5 Å². The Morgan fingerprint density at radius 1 is 1.20 bits per heavy atom. The predicted octanol–water partition coefficient (Wildman–Crippen LogP) is 4.14. The second-order valence-corrected chi connectivity index (χ2v) is 10.8. The number of anilines is 1. The third-order valence-corrected chi connectivity index (χ3v) is 6.87. The minimum absolute atomic E-state index is 0.0556. The highest BCUT2D eigenvalue weighted by molar-refractivity contribution is 6.32. The standard InChI is InChI=1S/C26H35ClN4O4/c1-26(2,3)25(33)30-12-10-21(11-13-30)35-20-8-6-19(7-9-20)31-24(32)23(27)22(16-29-31)28-15-18-5-4-14-34-17-18/h6-9,16,18,21,28H,4-5,10-15,17H2,1-3H3/t18-/m1/s1. The fourth-order valence-electron chi connectivity index (χ4n) is 4.47. The van der Waals surface area contributed by atoms with Crippen LogP contribution in [0, 0.1) is 11.3 Å². The summed E-state index contributed by atoms with van der Waals surface area (Å²) in [6, 6.07) is 7.26. The molecule has 2 aliphatic heterocycles. The van der Waals surface area contributed by atoms with Crippen molar-refractivity contribution in [3.63, 3.8) is 0 Å². The molecule has 2 aromatic rings. The number of carbonyl (C=O) groups is 1. The van der Waals surface area contributed by atoms with E-state index >= 15 is 0 Å². The first-order chi connectivity index (χ1) is 16.7. The molecule has 9 heteroatoms. The van der Waals surface area contributed by atoms with Crippen molar-refractivity contribution >= 4 is 23.2 Å². The normalized spacial score (nSPS) is 19.4. The van der Waals surface area contributed by atoms with Gasteiger partial charge < -0.3 is 19.7 Å². The van der Waals surface area contributed by atoms with Gasteiger partial charge >= 0.3 is 0 Å². The number of nitrogens with zero attached hydrogens (tertiary/aromatic N) is 3. The van der Waals surface area contributed by atoms with E-state index in [4.69, 9.17) is 21.1 Å². The first-order valence-corrected chi connectivity index (χ1v) is 12.8. The fourth-order valence-corrected chi connectivity index (χ4v) is 4.67. The molecule has 2 saturated heterocycles. The summed E-state index contributed by atoms with van der Waals surface area (Å²) in [6.45, 7) is 9.47. The Labute approximate surface area is 211 Å².